The van der Waals surface area contributed by atoms with Crippen LogP contribution in [0.15, 0.2) is 9.59 Å². The molecule has 0 bridgehead atoms. The predicted molar refractivity (Wildman–Crippen MR) is 83.5 cm³/mol. The normalized spacial score (nSPS) is 23.0. The maximum Gasteiger partial charge on any atom is 0.339 e. The minimum atomic E-state index is -3.81. The number of carbonyl (C=O) groups is 1. The third-order valence-electron chi connectivity index (χ3n) is 4.02. The first kappa shape index (κ1) is 16.8. The fourth-order valence-electron chi connectivity index (χ4n) is 2.78. The third-order valence-corrected chi connectivity index (χ3v) is 7.33. The molecule has 4 nitrogen and oxygen atoms in total. The van der Waals surface area contributed by atoms with Crippen molar-refractivity contribution in [2.75, 3.05) is 0 Å². The molecule has 0 aliphatic heterocycles. The van der Waals surface area contributed by atoms with Gasteiger partial charge in [0.25, 0.3) is 9.05 Å². The van der Waals surface area contributed by atoms with Gasteiger partial charge in [-0.25, -0.2) is 13.2 Å². The van der Waals surface area contributed by atoms with Gasteiger partial charge in [0.05, 0.1) is 5.56 Å². The molecule has 0 spiro atoms. The zero-order valence-corrected chi connectivity index (χ0v) is 14.5. The number of carbonyl (C=O) groups excluding carboxylic acids is 1. The number of thiophene rings is 1. The second-order valence-corrected chi connectivity index (χ2v) is 9.11. The van der Waals surface area contributed by atoms with Crippen molar-refractivity contribution in [3.8, 4) is 0 Å². The van der Waals surface area contributed by atoms with Crippen molar-refractivity contribution in [2.24, 2.45) is 5.92 Å². The number of hydrogen-bond acceptors (Lipinski definition) is 5. The van der Waals surface area contributed by atoms with Gasteiger partial charge in [0.1, 0.15) is 10.3 Å². The van der Waals surface area contributed by atoms with Gasteiger partial charge in [-0.1, -0.05) is 19.8 Å². The van der Waals surface area contributed by atoms with Crippen molar-refractivity contribution in [1.29, 1.82) is 0 Å². The molecule has 118 valence electrons. The molecule has 2 rings (SSSR count). The Morgan fingerprint density at radius 2 is 2.19 bits per heavy atom. The van der Waals surface area contributed by atoms with Gasteiger partial charge in [0, 0.05) is 16.1 Å². The van der Waals surface area contributed by atoms with Crippen molar-refractivity contribution >= 4 is 37.0 Å². The molecule has 1 heterocycles. The van der Waals surface area contributed by atoms with E-state index in [1.807, 2.05) is 0 Å². The summed E-state index contributed by atoms with van der Waals surface area (Å²) >= 11 is 0.958. The summed E-state index contributed by atoms with van der Waals surface area (Å²) in [7, 11) is 1.53. The molecule has 21 heavy (non-hydrogen) atoms. The summed E-state index contributed by atoms with van der Waals surface area (Å²) in [5.74, 6) is 0.163. The molecule has 1 aliphatic carbocycles. The van der Waals surface area contributed by atoms with Crippen LogP contribution in [0.2, 0.25) is 0 Å². The number of esters is 1. The fourth-order valence-corrected chi connectivity index (χ4v) is 5.31. The number of ether oxygens (including phenoxy) is 1. The van der Waals surface area contributed by atoms with Gasteiger partial charge in [-0.2, -0.15) is 0 Å². The molecule has 0 N–H and O–H groups in total. The van der Waals surface area contributed by atoms with Gasteiger partial charge < -0.3 is 4.74 Å². The summed E-state index contributed by atoms with van der Waals surface area (Å²) in [6, 6.07) is 0. The van der Waals surface area contributed by atoms with Gasteiger partial charge in [-0.05, 0) is 37.7 Å². The highest BCUT2D eigenvalue weighted by atomic mass is 35.7. The van der Waals surface area contributed by atoms with Crippen molar-refractivity contribution in [3.05, 3.63) is 16.5 Å². The van der Waals surface area contributed by atoms with E-state index in [-0.39, 0.29) is 10.3 Å². The van der Waals surface area contributed by atoms with Gasteiger partial charge in [0.15, 0.2) is 0 Å². The maximum absolute atomic E-state index is 12.2. The van der Waals surface area contributed by atoms with Gasteiger partial charge in [-0.3, -0.25) is 0 Å². The highest BCUT2D eigenvalue weighted by Crippen LogP contribution is 2.32. The van der Waals surface area contributed by atoms with E-state index in [0.717, 1.165) is 37.0 Å². The molecule has 1 aliphatic rings. The Morgan fingerprint density at radius 1 is 1.48 bits per heavy atom. The summed E-state index contributed by atoms with van der Waals surface area (Å²) in [5.41, 5.74) is 0.681. The Hall–Kier alpha value is -0.590. The van der Waals surface area contributed by atoms with E-state index in [2.05, 4.69) is 6.92 Å². The molecule has 2 atom stereocenters. The minimum Gasteiger partial charge on any atom is -0.459 e. The predicted octanol–water partition coefficient (Wildman–Crippen LogP) is 4.11. The topological polar surface area (TPSA) is 60.4 Å². The first-order valence-electron chi connectivity index (χ1n) is 7.06. The Balaban J connectivity index is 2.09. The van der Waals surface area contributed by atoms with Crippen LogP contribution in [0.5, 0.6) is 0 Å². The van der Waals surface area contributed by atoms with Crippen molar-refractivity contribution in [1.82, 2.24) is 0 Å². The Labute approximate surface area is 133 Å². The summed E-state index contributed by atoms with van der Waals surface area (Å²) < 4.78 is 28.3. The van der Waals surface area contributed by atoms with Gasteiger partial charge in [0.2, 0.25) is 0 Å². The average Bonchev–Trinajstić information content (AvgIpc) is 2.80. The first-order valence-corrected chi connectivity index (χ1v) is 10.3. The van der Waals surface area contributed by atoms with Crippen LogP contribution in [0.1, 0.15) is 54.9 Å². The molecule has 0 amide bonds. The van der Waals surface area contributed by atoms with Crippen LogP contribution in [0.25, 0.3) is 0 Å². The standard InChI is InChI=1S/C14H19ClO4S2/c1-3-10-5-4-6-11(7-10)19-13(16)12-8-20-14(9(12)2)21(15,17)18/h8,10-11H,3-7H2,1-2H3. The smallest absolute Gasteiger partial charge is 0.339 e. The van der Waals surface area contributed by atoms with E-state index >= 15 is 0 Å². The minimum absolute atomic E-state index is 0.0196. The second kappa shape index (κ2) is 6.67. The molecule has 2 unspecified atom stereocenters. The Bertz CT molecular complexity index is 621. The van der Waals surface area contributed by atoms with Crippen molar-refractivity contribution in [3.63, 3.8) is 0 Å². The van der Waals surface area contributed by atoms with Crippen LogP contribution >= 0.6 is 22.0 Å². The highest BCUT2D eigenvalue weighted by Gasteiger charge is 2.27. The van der Waals surface area contributed by atoms with Crippen LogP contribution in [-0.2, 0) is 13.8 Å². The summed E-state index contributed by atoms with van der Waals surface area (Å²) in [5, 5.41) is 1.51. The highest BCUT2D eigenvalue weighted by molar-refractivity contribution is 8.15. The van der Waals surface area contributed by atoms with E-state index in [9.17, 15) is 13.2 Å². The molecule has 0 aromatic carbocycles. The van der Waals surface area contributed by atoms with Gasteiger partial charge in [-0.15, -0.1) is 11.3 Å². The lowest BCUT2D eigenvalue weighted by atomic mass is 9.85. The number of halogens is 1. The summed E-state index contributed by atoms with van der Waals surface area (Å²) in [4.78, 5) is 12.2. The quantitative estimate of drug-likeness (QED) is 0.605. The summed E-state index contributed by atoms with van der Waals surface area (Å²) in [6.45, 7) is 3.73. The largest absolute Gasteiger partial charge is 0.459 e. The second-order valence-electron chi connectivity index (χ2n) is 5.47. The van der Waals surface area contributed by atoms with Crippen molar-refractivity contribution in [2.45, 2.75) is 56.3 Å². The third kappa shape index (κ3) is 3.99. The lowest BCUT2D eigenvalue weighted by molar-refractivity contribution is 0.0139. The lowest BCUT2D eigenvalue weighted by Crippen LogP contribution is -2.25. The SMILES string of the molecule is CCC1CCCC(OC(=O)c2csc(S(=O)(=O)Cl)c2C)C1. The zero-order valence-electron chi connectivity index (χ0n) is 12.1. The monoisotopic (exact) mass is 350 g/mol. The molecular weight excluding hydrogens is 332 g/mol. The van der Waals surface area contributed by atoms with E-state index in [0.29, 0.717) is 17.0 Å². The molecule has 7 heteroatoms. The molecular formula is C14H19ClO4S2. The fraction of sp³-hybridized carbons (Fsp3) is 0.643. The lowest BCUT2D eigenvalue weighted by Gasteiger charge is -2.28. The van der Waals surface area contributed by atoms with Crippen LogP contribution < -0.4 is 0 Å². The van der Waals surface area contributed by atoms with E-state index < -0.39 is 15.0 Å². The molecule has 1 aromatic heterocycles. The molecule has 1 fully saturated rings. The van der Waals surface area contributed by atoms with Crippen LogP contribution in [0, 0.1) is 12.8 Å². The molecule has 1 saturated carbocycles. The van der Waals surface area contributed by atoms with Crippen molar-refractivity contribution < 1.29 is 17.9 Å². The molecule has 0 saturated heterocycles. The van der Waals surface area contributed by atoms with Crippen LogP contribution in [0.3, 0.4) is 0 Å². The first-order chi connectivity index (χ1) is 9.82. The van der Waals surface area contributed by atoms with E-state index in [1.54, 1.807) is 6.92 Å². The molecule has 1 aromatic rings. The van der Waals surface area contributed by atoms with Crippen LogP contribution in [-0.4, -0.2) is 20.5 Å². The average molecular weight is 351 g/mol. The molecule has 0 radical (unpaired) electrons. The van der Waals surface area contributed by atoms with E-state index in [1.165, 1.54) is 11.8 Å². The van der Waals surface area contributed by atoms with Gasteiger partial charge >= 0.3 is 5.97 Å². The van der Waals surface area contributed by atoms with Crippen LogP contribution in [0.4, 0.5) is 0 Å². The summed E-state index contributed by atoms with van der Waals surface area (Å²) in [6.07, 6.45) is 5.07. The Kier molecular flexibility index (Phi) is 5.33. The zero-order chi connectivity index (χ0) is 15.6. The van der Waals surface area contributed by atoms with E-state index in [4.69, 9.17) is 15.4 Å². The number of rotatable bonds is 4. The Morgan fingerprint density at radius 3 is 2.76 bits per heavy atom. The number of hydrogen-bond donors (Lipinski definition) is 0. The maximum atomic E-state index is 12.2.